The summed E-state index contributed by atoms with van der Waals surface area (Å²) in [5, 5.41) is 4.04. The summed E-state index contributed by atoms with van der Waals surface area (Å²) in [5.41, 5.74) is 0.862. The first-order valence-corrected chi connectivity index (χ1v) is 12.0. The van der Waals surface area contributed by atoms with E-state index in [2.05, 4.69) is 10.3 Å². The number of nitrogens with zero attached hydrogens (tertiary/aromatic N) is 2. The number of rotatable bonds is 4. The maximum atomic E-state index is 12.7. The second-order valence-electron chi connectivity index (χ2n) is 6.67. The van der Waals surface area contributed by atoms with Crippen molar-refractivity contribution < 1.29 is 13.2 Å². The fourth-order valence-electron chi connectivity index (χ4n) is 3.20. The van der Waals surface area contributed by atoms with E-state index in [9.17, 15) is 13.2 Å². The third-order valence-corrected chi connectivity index (χ3v) is 8.39. The minimum Gasteiger partial charge on any atom is -0.298 e. The Morgan fingerprint density at radius 1 is 1.00 bits per heavy atom. The quantitative estimate of drug-likeness (QED) is 0.580. The number of piperidine rings is 1. The van der Waals surface area contributed by atoms with E-state index in [4.69, 9.17) is 23.2 Å². The number of aromatic nitrogens is 1. The van der Waals surface area contributed by atoms with Gasteiger partial charge in [0.25, 0.3) is 5.91 Å². The number of hydrogen-bond donors (Lipinski definition) is 1. The first-order valence-electron chi connectivity index (χ1n) is 9.02. The smallest absolute Gasteiger partial charge is 0.257 e. The molecule has 1 aromatic heterocycles. The van der Waals surface area contributed by atoms with Crippen molar-refractivity contribution in [1.82, 2.24) is 9.29 Å². The molecule has 0 saturated carbocycles. The van der Waals surface area contributed by atoms with E-state index in [0.717, 1.165) is 19.3 Å². The molecular weight excluding hydrogens is 453 g/mol. The lowest BCUT2D eigenvalue weighted by Crippen LogP contribution is -2.35. The highest BCUT2D eigenvalue weighted by atomic mass is 35.5. The van der Waals surface area contributed by atoms with Gasteiger partial charge in [-0.15, -0.1) is 0 Å². The number of carbonyl (C=O) groups is 1. The maximum absolute atomic E-state index is 12.7. The number of fused-ring (bicyclic) bond motifs is 1. The van der Waals surface area contributed by atoms with Gasteiger partial charge in [0.1, 0.15) is 5.52 Å². The molecule has 3 aromatic rings. The average Bonchev–Trinajstić information content (AvgIpc) is 3.16. The first kappa shape index (κ1) is 20.6. The molecule has 1 aliphatic rings. The Balaban J connectivity index is 1.53. The van der Waals surface area contributed by atoms with Gasteiger partial charge in [0.2, 0.25) is 10.0 Å². The van der Waals surface area contributed by atoms with Crippen molar-refractivity contribution in [2.75, 3.05) is 18.4 Å². The lowest BCUT2D eigenvalue weighted by atomic mass is 10.2. The molecule has 0 aliphatic carbocycles. The van der Waals surface area contributed by atoms with Crippen LogP contribution >= 0.6 is 34.5 Å². The van der Waals surface area contributed by atoms with Crippen LogP contribution in [0.25, 0.3) is 10.2 Å². The van der Waals surface area contributed by atoms with Gasteiger partial charge in [-0.2, -0.15) is 4.31 Å². The van der Waals surface area contributed by atoms with Gasteiger partial charge in [-0.1, -0.05) is 41.0 Å². The number of nitrogens with one attached hydrogen (secondary N) is 1. The zero-order chi connectivity index (χ0) is 20.6. The molecule has 0 radical (unpaired) electrons. The number of thiazole rings is 1. The Morgan fingerprint density at radius 3 is 2.31 bits per heavy atom. The highest BCUT2D eigenvalue weighted by molar-refractivity contribution is 7.89. The van der Waals surface area contributed by atoms with Crippen LogP contribution in [-0.2, 0) is 10.0 Å². The summed E-state index contributed by atoms with van der Waals surface area (Å²) in [5.74, 6) is -0.391. The van der Waals surface area contributed by atoms with E-state index in [1.807, 2.05) is 0 Å². The second kappa shape index (κ2) is 8.20. The Kier molecular flexibility index (Phi) is 5.81. The van der Waals surface area contributed by atoms with Crippen LogP contribution in [-0.4, -0.2) is 36.7 Å². The van der Waals surface area contributed by atoms with Crippen molar-refractivity contribution >= 4 is 65.8 Å². The Labute approximate surface area is 182 Å². The van der Waals surface area contributed by atoms with E-state index >= 15 is 0 Å². The van der Waals surface area contributed by atoms with Gasteiger partial charge in [0.15, 0.2) is 5.13 Å². The fraction of sp³-hybridized carbons (Fsp3) is 0.263. The van der Waals surface area contributed by atoms with Gasteiger partial charge >= 0.3 is 0 Å². The van der Waals surface area contributed by atoms with Crippen LogP contribution in [0.3, 0.4) is 0 Å². The van der Waals surface area contributed by atoms with Gasteiger partial charge in [0, 0.05) is 18.7 Å². The maximum Gasteiger partial charge on any atom is 0.257 e. The topological polar surface area (TPSA) is 79.4 Å². The largest absolute Gasteiger partial charge is 0.298 e. The first-order chi connectivity index (χ1) is 13.9. The van der Waals surface area contributed by atoms with E-state index in [1.54, 1.807) is 12.1 Å². The van der Waals surface area contributed by atoms with Crippen LogP contribution in [0.4, 0.5) is 5.13 Å². The molecule has 0 unspecified atom stereocenters. The number of amides is 1. The van der Waals surface area contributed by atoms with Gasteiger partial charge in [-0.3, -0.25) is 10.1 Å². The highest BCUT2D eigenvalue weighted by Gasteiger charge is 2.26. The van der Waals surface area contributed by atoms with Crippen molar-refractivity contribution in [3.05, 3.63) is 52.0 Å². The van der Waals surface area contributed by atoms with E-state index < -0.39 is 15.9 Å². The van der Waals surface area contributed by atoms with Crippen molar-refractivity contribution in [3.8, 4) is 0 Å². The molecule has 0 atom stereocenters. The molecule has 1 aliphatic heterocycles. The van der Waals surface area contributed by atoms with Gasteiger partial charge in [0.05, 0.1) is 19.6 Å². The summed E-state index contributed by atoms with van der Waals surface area (Å²) in [6.07, 6.45) is 2.79. The molecule has 1 N–H and O–H groups in total. The minimum absolute atomic E-state index is 0.189. The molecule has 152 valence electrons. The molecular formula is C19H17Cl2N3O3S2. The normalized spacial score (nSPS) is 15.5. The number of sulfonamides is 1. The van der Waals surface area contributed by atoms with E-state index in [0.29, 0.717) is 44.0 Å². The summed E-state index contributed by atoms with van der Waals surface area (Å²) in [4.78, 5) is 17.1. The Bertz CT molecular complexity index is 1130. The van der Waals surface area contributed by atoms with Gasteiger partial charge in [-0.05, 0) is 49.2 Å². The number of carbonyl (C=O) groups excluding carboxylic acids is 1. The standard InChI is InChI=1S/C19H17Cl2N3O3S2/c20-14-8-9-15(21)17-16(14)22-19(28-17)23-18(25)12-4-6-13(7-5-12)29(26,27)24-10-2-1-3-11-24/h4-9H,1-3,10-11H2,(H,22,23,25). The van der Waals surface area contributed by atoms with Crippen molar-refractivity contribution in [3.63, 3.8) is 0 Å². The number of halogens is 2. The van der Waals surface area contributed by atoms with Gasteiger partial charge in [-0.25, -0.2) is 13.4 Å². The van der Waals surface area contributed by atoms with Crippen molar-refractivity contribution in [2.45, 2.75) is 24.2 Å². The molecule has 2 heterocycles. The second-order valence-corrected chi connectivity index (χ2v) is 10.4. The molecule has 6 nitrogen and oxygen atoms in total. The molecule has 0 bridgehead atoms. The third kappa shape index (κ3) is 4.13. The summed E-state index contributed by atoms with van der Waals surface area (Å²) < 4.78 is 27.6. The Hall–Kier alpha value is -1.71. The molecule has 4 rings (SSSR count). The molecule has 1 saturated heterocycles. The summed E-state index contributed by atoms with van der Waals surface area (Å²) in [6, 6.07) is 9.26. The molecule has 10 heteroatoms. The van der Waals surface area contributed by atoms with Crippen LogP contribution in [0.15, 0.2) is 41.3 Å². The zero-order valence-electron chi connectivity index (χ0n) is 15.2. The lowest BCUT2D eigenvalue weighted by Gasteiger charge is -2.25. The third-order valence-electron chi connectivity index (χ3n) is 4.74. The highest BCUT2D eigenvalue weighted by Crippen LogP contribution is 2.36. The van der Waals surface area contributed by atoms with Crippen LogP contribution in [0.2, 0.25) is 10.0 Å². The van der Waals surface area contributed by atoms with Crippen LogP contribution in [0, 0.1) is 0 Å². The number of anilines is 1. The van der Waals surface area contributed by atoms with Crippen LogP contribution < -0.4 is 5.32 Å². The molecule has 1 fully saturated rings. The molecule has 2 aromatic carbocycles. The monoisotopic (exact) mass is 469 g/mol. The fourth-order valence-corrected chi connectivity index (χ4v) is 6.13. The van der Waals surface area contributed by atoms with Gasteiger partial charge < -0.3 is 0 Å². The summed E-state index contributed by atoms with van der Waals surface area (Å²) in [6.45, 7) is 1.07. The average molecular weight is 470 g/mol. The van der Waals surface area contributed by atoms with Crippen molar-refractivity contribution in [2.24, 2.45) is 0 Å². The van der Waals surface area contributed by atoms with Crippen LogP contribution in [0.1, 0.15) is 29.6 Å². The predicted octanol–water partition coefficient (Wildman–Crippen LogP) is 5.03. The summed E-state index contributed by atoms with van der Waals surface area (Å²) in [7, 11) is -3.53. The minimum atomic E-state index is -3.53. The van der Waals surface area contributed by atoms with Crippen LogP contribution in [0.5, 0.6) is 0 Å². The number of hydrogen-bond acceptors (Lipinski definition) is 5. The SMILES string of the molecule is O=C(Nc1nc2c(Cl)ccc(Cl)c2s1)c1ccc(S(=O)(=O)N2CCCCC2)cc1. The Morgan fingerprint density at radius 2 is 1.66 bits per heavy atom. The molecule has 1 amide bonds. The summed E-state index contributed by atoms with van der Waals surface area (Å²) >= 11 is 13.5. The number of benzene rings is 2. The molecule has 29 heavy (non-hydrogen) atoms. The zero-order valence-corrected chi connectivity index (χ0v) is 18.3. The van der Waals surface area contributed by atoms with Crippen molar-refractivity contribution in [1.29, 1.82) is 0 Å². The van der Waals surface area contributed by atoms with E-state index in [1.165, 1.54) is 39.9 Å². The lowest BCUT2D eigenvalue weighted by molar-refractivity contribution is 0.102. The molecule has 0 spiro atoms. The predicted molar refractivity (Wildman–Crippen MR) is 117 cm³/mol. The van der Waals surface area contributed by atoms with E-state index in [-0.39, 0.29) is 4.90 Å².